The molecule has 2 aromatic carbocycles. The van der Waals surface area contributed by atoms with Gasteiger partial charge in [0.1, 0.15) is 6.04 Å². The first-order chi connectivity index (χ1) is 13.4. The van der Waals surface area contributed by atoms with Gasteiger partial charge in [-0.3, -0.25) is 4.79 Å². The number of urea groups is 1. The maximum atomic E-state index is 12.3. The molecule has 4 N–H and O–H groups in total. The average molecular weight is 404 g/mol. The van der Waals surface area contributed by atoms with E-state index in [1.54, 1.807) is 37.3 Å². The van der Waals surface area contributed by atoms with Gasteiger partial charge in [-0.1, -0.05) is 60.1 Å². The van der Waals surface area contributed by atoms with E-state index in [1.807, 2.05) is 24.3 Å². The molecule has 0 radical (unpaired) electrons. The lowest BCUT2D eigenvalue weighted by Gasteiger charge is -2.18. The Bertz CT molecular complexity index is 829. The summed E-state index contributed by atoms with van der Waals surface area (Å²) < 4.78 is 5.05. The number of amides is 3. The van der Waals surface area contributed by atoms with E-state index < -0.39 is 30.6 Å². The molecule has 0 heterocycles. The van der Waals surface area contributed by atoms with Gasteiger partial charge in [0.05, 0.1) is 6.04 Å². The van der Waals surface area contributed by atoms with Gasteiger partial charge in [0.15, 0.2) is 6.61 Å². The van der Waals surface area contributed by atoms with E-state index in [9.17, 15) is 14.4 Å². The average Bonchev–Trinajstić information content (AvgIpc) is 2.66. The maximum Gasteiger partial charge on any atom is 0.329 e. The van der Waals surface area contributed by atoms with Gasteiger partial charge < -0.3 is 21.1 Å². The molecule has 0 unspecified atom stereocenters. The smallest absolute Gasteiger partial charge is 0.329 e. The highest BCUT2D eigenvalue weighted by molar-refractivity contribution is 6.31. The Morgan fingerprint density at radius 1 is 1.04 bits per heavy atom. The summed E-state index contributed by atoms with van der Waals surface area (Å²) >= 11 is 6.11. The molecule has 2 atom stereocenters. The second kappa shape index (κ2) is 10.3. The van der Waals surface area contributed by atoms with Crippen LogP contribution in [0.25, 0.3) is 0 Å². The molecule has 0 aliphatic carbocycles. The predicted octanol–water partition coefficient (Wildman–Crippen LogP) is 2.34. The van der Waals surface area contributed by atoms with Gasteiger partial charge in [0.25, 0.3) is 5.91 Å². The monoisotopic (exact) mass is 403 g/mol. The van der Waals surface area contributed by atoms with Crippen LogP contribution in [0.5, 0.6) is 0 Å². The third-order valence-corrected chi connectivity index (χ3v) is 4.32. The summed E-state index contributed by atoms with van der Waals surface area (Å²) in [4.78, 5) is 35.6. The van der Waals surface area contributed by atoms with Crippen LogP contribution in [0.3, 0.4) is 0 Å². The Balaban J connectivity index is 1.91. The van der Waals surface area contributed by atoms with Crippen molar-refractivity contribution in [2.24, 2.45) is 5.73 Å². The number of benzene rings is 2. The number of esters is 1. The van der Waals surface area contributed by atoms with Gasteiger partial charge >= 0.3 is 12.0 Å². The zero-order valence-corrected chi connectivity index (χ0v) is 16.1. The Labute approximate surface area is 168 Å². The molecule has 148 valence electrons. The van der Waals surface area contributed by atoms with Crippen LogP contribution in [-0.2, 0) is 20.7 Å². The molecule has 0 saturated carbocycles. The van der Waals surface area contributed by atoms with E-state index in [0.717, 1.165) is 11.1 Å². The molecule has 2 aromatic rings. The minimum Gasteiger partial charge on any atom is -0.454 e. The van der Waals surface area contributed by atoms with Crippen LogP contribution in [-0.4, -0.2) is 30.6 Å². The van der Waals surface area contributed by atoms with Gasteiger partial charge in [-0.15, -0.1) is 0 Å². The Hall–Kier alpha value is -3.06. The highest BCUT2D eigenvalue weighted by atomic mass is 35.5. The number of carbonyl (C=O) groups is 3. The summed E-state index contributed by atoms with van der Waals surface area (Å²) in [5, 5.41) is 5.58. The molecule has 0 aromatic heterocycles. The number of hydrogen-bond donors (Lipinski definition) is 3. The fourth-order valence-electron chi connectivity index (χ4n) is 2.64. The minimum atomic E-state index is -0.992. The van der Waals surface area contributed by atoms with Crippen LogP contribution < -0.4 is 16.4 Å². The van der Waals surface area contributed by atoms with Crippen molar-refractivity contribution in [2.45, 2.75) is 25.4 Å². The number of ether oxygens (including phenoxy) is 1. The van der Waals surface area contributed by atoms with Crippen molar-refractivity contribution < 1.29 is 19.1 Å². The first kappa shape index (κ1) is 21.2. The van der Waals surface area contributed by atoms with Gasteiger partial charge in [-0.05, 0) is 24.1 Å². The van der Waals surface area contributed by atoms with Crippen LogP contribution >= 0.6 is 11.6 Å². The lowest BCUT2D eigenvalue weighted by atomic mass is 10.1. The summed E-state index contributed by atoms with van der Waals surface area (Å²) in [6.07, 6.45) is 0.195. The third kappa shape index (κ3) is 6.59. The van der Waals surface area contributed by atoms with Gasteiger partial charge in [-0.2, -0.15) is 0 Å². The lowest BCUT2D eigenvalue weighted by Crippen LogP contribution is -2.46. The quantitative estimate of drug-likeness (QED) is 0.587. The third-order valence-electron chi connectivity index (χ3n) is 3.98. The minimum absolute atomic E-state index is 0.195. The van der Waals surface area contributed by atoms with E-state index in [1.165, 1.54) is 0 Å². The first-order valence-electron chi connectivity index (χ1n) is 8.67. The topological polar surface area (TPSA) is 111 Å². The van der Waals surface area contributed by atoms with Crippen molar-refractivity contribution in [3.05, 3.63) is 70.7 Å². The number of nitrogens with one attached hydrogen (secondary N) is 2. The van der Waals surface area contributed by atoms with Gasteiger partial charge in [-0.25, -0.2) is 9.59 Å². The highest BCUT2D eigenvalue weighted by Crippen LogP contribution is 2.21. The molecule has 8 heteroatoms. The molecular formula is C20H22ClN3O4. The molecule has 28 heavy (non-hydrogen) atoms. The van der Waals surface area contributed by atoms with E-state index in [0.29, 0.717) is 5.02 Å². The fraction of sp³-hybridized carbons (Fsp3) is 0.250. The molecule has 0 spiro atoms. The Morgan fingerprint density at radius 2 is 1.68 bits per heavy atom. The maximum absolute atomic E-state index is 12.3. The Kier molecular flexibility index (Phi) is 7.83. The van der Waals surface area contributed by atoms with E-state index in [2.05, 4.69) is 10.6 Å². The van der Waals surface area contributed by atoms with E-state index in [4.69, 9.17) is 22.1 Å². The van der Waals surface area contributed by atoms with Crippen LogP contribution in [0.1, 0.15) is 24.1 Å². The van der Waals surface area contributed by atoms with Crippen LogP contribution in [0.15, 0.2) is 54.6 Å². The molecule has 0 fully saturated rings. The number of carbonyl (C=O) groups excluding carboxylic acids is 3. The lowest BCUT2D eigenvalue weighted by molar-refractivity contribution is -0.150. The number of rotatable bonds is 8. The summed E-state index contributed by atoms with van der Waals surface area (Å²) in [5.41, 5.74) is 6.70. The molecule has 0 bridgehead atoms. The fourth-order valence-corrected chi connectivity index (χ4v) is 2.94. The Morgan fingerprint density at radius 3 is 2.32 bits per heavy atom. The van der Waals surface area contributed by atoms with Crippen molar-refractivity contribution in [3.63, 3.8) is 0 Å². The normalized spacial score (nSPS) is 12.5. The van der Waals surface area contributed by atoms with E-state index >= 15 is 0 Å². The van der Waals surface area contributed by atoms with Gasteiger partial charge in [0, 0.05) is 11.4 Å². The first-order valence-corrected chi connectivity index (χ1v) is 9.05. The second-order valence-corrected chi connectivity index (χ2v) is 6.58. The molecule has 0 aliphatic rings. The highest BCUT2D eigenvalue weighted by Gasteiger charge is 2.23. The molecule has 7 nitrogen and oxygen atoms in total. The number of nitrogens with two attached hydrogens (primary N) is 1. The molecular weight excluding hydrogens is 382 g/mol. The van der Waals surface area contributed by atoms with Crippen LogP contribution in [0.2, 0.25) is 5.02 Å². The van der Waals surface area contributed by atoms with Crippen molar-refractivity contribution >= 4 is 29.5 Å². The molecule has 0 aliphatic heterocycles. The standard InChI is InChI=1S/C20H22ClN3O4/c1-13(15-9-5-6-10-16(15)21)23-18(25)12-28-19(26)17(24-20(22)27)11-14-7-3-2-4-8-14/h2-10,13,17H,11-12H2,1H3,(H,23,25)(H3,22,24,27)/t13-,17+/m1/s1. The van der Waals surface area contributed by atoms with Crippen molar-refractivity contribution in [3.8, 4) is 0 Å². The second-order valence-electron chi connectivity index (χ2n) is 6.17. The van der Waals surface area contributed by atoms with Crippen LogP contribution in [0, 0.1) is 0 Å². The molecule has 3 amide bonds. The number of halogens is 1. The molecule has 2 rings (SSSR count). The number of primary amides is 1. The van der Waals surface area contributed by atoms with Crippen molar-refractivity contribution in [1.29, 1.82) is 0 Å². The SMILES string of the molecule is C[C@@H](NC(=O)COC(=O)[C@H](Cc1ccccc1)NC(N)=O)c1ccccc1Cl. The number of hydrogen-bond acceptors (Lipinski definition) is 4. The zero-order chi connectivity index (χ0) is 20.5. The zero-order valence-electron chi connectivity index (χ0n) is 15.4. The van der Waals surface area contributed by atoms with Crippen molar-refractivity contribution in [1.82, 2.24) is 10.6 Å². The molecule has 0 saturated heterocycles. The van der Waals surface area contributed by atoms with E-state index in [-0.39, 0.29) is 12.5 Å². The predicted molar refractivity (Wildman–Crippen MR) is 106 cm³/mol. The summed E-state index contributed by atoms with van der Waals surface area (Å²) in [5.74, 6) is -1.23. The summed E-state index contributed by atoms with van der Waals surface area (Å²) in [6, 6.07) is 14.0. The van der Waals surface area contributed by atoms with Crippen molar-refractivity contribution in [2.75, 3.05) is 6.61 Å². The van der Waals surface area contributed by atoms with Crippen LogP contribution in [0.4, 0.5) is 4.79 Å². The largest absolute Gasteiger partial charge is 0.454 e. The summed E-state index contributed by atoms with van der Waals surface area (Å²) in [7, 11) is 0. The van der Waals surface area contributed by atoms with Gasteiger partial charge in [0.2, 0.25) is 0 Å². The summed E-state index contributed by atoms with van der Waals surface area (Å²) in [6.45, 7) is 1.28.